The van der Waals surface area contributed by atoms with Crippen LogP contribution in [0.15, 0.2) is 34.4 Å². The van der Waals surface area contributed by atoms with Gasteiger partial charge in [0.15, 0.2) is 5.17 Å². The van der Waals surface area contributed by atoms with Gasteiger partial charge >= 0.3 is 0 Å². The SMILES string of the molecule is CCSC1=NC(=O)C(=Cc2ccc3ncsc3c2)N1. The Kier molecular flexibility index (Phi) is 3.35. The summed E-state index contributed by atoms with van der Waals surface area (Å²) in [6.45, 7) is 2.03. The molecule has 0 spiro atoms. The molecule has 1 N–H and O–H groups in total. The minimum absolute atomic E-state index is 0.208. The molecule has 1 aromatic carbocycles. The van der Waals surface area contributed by atoms with Crippen LogP contribution in [0.25, 0.3) is 16.3 Å². The maximum Gasteiger partial charge on any atom is 0.295 e. The third-order valence-electron chi connectivity index (χ3n) is 2.62. The van der Waals surface area contributed by atoms with Crippen molar-refractivity contribution in [1.29, 1.82) is 0 Å². The average Bonchev–Trinajstić information content (AvgIpc) is 2.97. The summed E-state index contributed by atoms with van der Waals surface area (Å²) in [5, 5.41) is 3.72. The Labute approximate surface area is 118 Å². The van der Waals surface area contributed by atoms with E-state index in [1.807, 2.05) is 36.7 Å². The number of hydrogen-bond donors (Lipinski definition) is 1. The number of nitrogens with zero attached hydrogens (tertiary/aromatic N) is 2. The van der Waals surface area contributed by atoms with E-state index >= 15 is 0 Å². The van der Waals surface area contributed by atoms with Crippen molar-refractivity contribution in [2.75, 3.05) is 5.75 Å². The molecular weight excluding hydrogens is 278 g/mol. The fraction of sp³-hybridized carbons (Fsp3) is 0.154. The maximum atomic E-state index is 11.7. The summed E-state index contributed by atoms with van der Waals surface area (Å²) >= 11 is 3.12. The van der Waals surface area contributed by atoms with Gasteiger partial charge in [-0.15, -0.1) is 11.3 Å². The summed E-state index contributed by atoms with van der Waals surface area (Å²) in [4.78, 5) is 19.9. The topological polar surface area (TPSA) is 54.4 Å². The predicted molar refractivity (Wildman–Crippen MR) is 81.3 cm³/mol. The summed E-state index contributed by atoms with van der Waals surface area (Å²) in [5.74, 6) is 0.680. The summed E-state index contributed by atoms with van der Waals surface area (Å²) in [5.41, 5.74) is 4.31. The molecule has 0 saturated carbocycles. The van der Waals surface area contributed by atoms with Crippen LogP contribution in [-0.2, 0) is 4.79 Å². The van der Waals surface area contributed by atoms with Gasteiger partial charge in [0, 0.05) is 0 Å². The molecule has 2 heterocycles. The number of thioether (sulfide) groups is 1. The first-order valence-electron chi connectivity index (χ1n) is 5.84. The highest BCUT2D eigenvalue weighted by molar-refractivity contribution is 8.13. The predicted octanol–water partition coefficient (Wildman–Crippen LogP) is 2.88. The number of aromatic nitrogens is 1. The van der Waals surface area contributed by atoms with Crippen molar-refractivity contribution in [1.82, 2.24) is 10.3 Å². The minimum atomic E-state index is -0.208. The lowest BCUT2D eigenvalue weighted by Gasteiger charge is -2.00. The Morgan fingerprint density at radius 2 is 2.37 bits per heavy atom. The van der Waals surface area contributed by atoms with Crippen molar-refractivity contribution in [2.24, 2.45) is 4.99 Å². The second-order valence-electron chi connectivity index (χ2n) is 3.92. The molecule has 4 nitrogen and oxygen atoms in total. The number of carbonyl (C=O) groups is 1. The van der Waals surface area contributed by atoms with E-state index in [9.17, 15) is 4.79 Å². The molecule has 1 amide bonds. The van der Waals surface area contributed by atoms with Crippen LogP contribution in [-0.4, -0.2) is 21.8 Å². The molecule has 0 fully saturated rings. The van der Waals surface area contributed by atoms with Gasteiger partial charge in [0.25, 0.3) is 5.91 Å². The highest BCUT2D eigenvalue weighted by Gasteiger charge is 2.19. The average molecular weight is 289 g/mol. The third kappa shape index (κ3) is 2.54. The number of carbonyl (C=O) groups excluding carboxylic acids is 1. The second-order valence-corrected chi connectivity index (χ2v) is 6.06. The van der Waals surface area contributed by atoms with E-state index in [4.69, 9.17) is 0 Å². The number of benzene rings is 1. The number of aliphatic imine (C=N–C) groups is 1. The highest BCUT2D eigenvalue weighted by Crippen LogP contribution is 2.21. The zero-order chi connectivity index (χ0) is 13.2. The Hall–Kier alpha value is -1.66. The molecule has 0 radical (unpaired) electrons. The largest absolute Gasteiger partial charge is 0.330 e. The summed E-state index contributed by atoms with van der Waals surface area (Å²) < 4.78 is 1.11. The van der Waals surface area contributed by atoms with Crippen LogP contribution in [0.3, 0.4) is 0 Å². The van der Waals surface area contributed by atoms with E-state index in [2.05, 4.69) is 15.3 Å². The molecule has 96 valence electrons. The van der Waals surface area contributed by atoms with Gasteiger partial charge in [0.2, 0.25) is 0 Å². The Morgan fingerprint density at radius 1 is 1.47 bits per heavy atom. The lowest BCUT2D eigenvalue weighted by molar-refractivity contribution is -0.114. The molecule has 1 aromatic heterocycles. The lowest BCUT2D eigenvalue weighted by Crippen LogP contribution is -2.14. The zero-order valence-electron chi connectivity index (χ0n) is 10.2. The van der Waals surface area contributed by atoms with E-state index in [1.165, 1.54) is 11.8 Å². The Balaban J connectivity index is 1.88. The van der Waals surface area contributed by atoms with E-state index in [0.717, 1.165) is 21.5 Å². The first-order chi connectivity index (χ1) is 9.26. The molecule has 0 bridgehead atoms. The second kappa shape index (κ2) is 5.14. The van der Waals surface area contributed by atoms with Crippen molar-refractivity contribution < 1.29 is 4.79 Å². The van der Waals surface area contributed by atoms with Gasteiger partial charge in [0.1, 0.15) is 5.70 Å². The van der Waals surface area contributed by atoms with Gasteiger partial charge in [-0.1, -0.05) is 24.8 Å². The Bertz CT molecular complexity index is 703. The van der Waals surface area contributed by atoms with Gasteiger partial charge in [-0.05, 0) is 29.5 Å². The molecule has 1 aliphatic rings. The molecule has 19 heavy (non-hydrogen) atoms. The number of amidine groups is 1. The summed E-state index contributed by atoms with van der Waals surface area (Å²) in [6, 6.07) is 5.94. The fourth-order valence-electron chi connectivity index (χ4n) is 1.78. The zero-order valence-corrected chi connectivity index (χ0v) is 11.8. The van der Waals surface area contributed by atoms with Gasteiger partial charge in [-0.2, -0.15) is 4.99 Å². The quantitative estimate of drug-likeness (QED) is 0.864. The third-order valence-corrected chi connectivity index (χ3v) is 4.17. The molecule has 3 rings (SSSR count). The maximum absolute atomic E-state index is 11.7. The first kappa shape index (κ1) is 12.4. The van der Waals surface area contributed by atoms with Gasteiger partial charge < -0.3 is 5.32 Å². The van der Waals surface area contributed by atoms with Crippen LogP contribution in [0.5, 0.6) is 0 Å². The molecule has 0 atom stereocenters. The summed E-state index contributed by atoms with van der Waals surface area (Å²) in [6.07, 6.45) is 1.83. The fourth-order valence-corrected chi connectivity index (χ4v) is 3.11. The number of thiazole rings is 1. The highest BCUT2D eigenvalue weighted by atomic mass is 32.2. The standard InChI is InChI=1S/C13H11N3OS2/c1-2-18-13-15-10(12(17)16-13)5-8-3-4-9-11(6-8)19-7-14-9/h3-7H,2H2,1H3,(H,15,16,17). The smallest absolute Gasteiger partial charge is 0.295 e. The number of fused-ring (bicyclic) bond motifs is 1. The first-order valence-corrected chi connectivity index (χ1v) is 7.70. The monoisotopic (exact) mass is 289 g/mol. The summed E-state index contributed by atoms with van der Waals surface area (Å²) in [7, 11) is 0. The van der Waals surface area contributed by atoms with E-state index in [1.54, 1.807) is 11.3 Å². The van der Waals surface area contributed by atoms with Crippen molar-refractivity contribution in [3.05, 3.63) is 35.0 Å². The van der Waals surface area contributed by atoms with E-state index in [0.29, 0.717) is 10.9 Å². The Morgan fingerprint density at radius 3 is 3.21 bits per heavy atom. The number of rotatable bonds is 2. The number of nitrogens with one attached hydrogen (secondary N) is 1. The number of amides is 1. The molecule has 0 aliphatic carbocycles. The van der Waals surface area contributed by atoms with Crippen molar-refractivity contribution in [2.45, 2.75) is 6.92 Å². The molecule has 6 heteroatoms. The van der Waals surface area contributed by atoms with Crippen LogP contribution in [0.2, 0.25) is 0 Å². The molecule has 0 saturated heterocycles. The van der Waals surface area contributed by atoms with Gasteiger partial charge in [-0.25, -0.2) is 4.98 Å². The van der Waals surface area contributed by atoms with E-state index in [-0.39, 0.29) is 5.91 Å². The van der Waals surface area contributed by atoms with Gasteiger partial charge in [0.05, 0.1) is 15.7 Å². The molecular formula is C13H11N3OS2. The lowest BCUT2D eigenvalue weighted by atomic mass is 10.2. The normalized spacial score (nSPS) is 17.0. The van der Waals surface area contributed by atoms with Crippen LogP contribution >= 0.6 is 23.1 Å². The van der Waals surface area contributed by atoms with Gasteiger partial charge in [-0.3, -0.25) is 4.79 Å². The van der Waals surface area contributed by atoms with Crippen LogP contribution in [0, 0.1) is 0 Å². The van der Waals surface area contributed by atoms with Crippen LogP contribution < -0.4 is 5.32 Å². The van der Waals surface area contributed by atoms with Crippen LogP contribution in [0.4, 0.5) is 0 Å². The molecule has 2 aromatic rings. The van der Waals surface area contributed by atoms with Crippen molar-refractivity contribution in [3.8, 4) is 0 Å². The minimum Gasteiger partial charge on any atom is -0.330 e. The van der Waals surface area contributed by atoms with Crippen molar-refractivity contribution in [3.63, 3.8) is 0 Å². The van der Waals surface area contributed by atoms with E-state index < -0.39 is 0 Å². The molecule has 0 unspecified atom stereocenters. The molecule has 1 aliphatic heterocycles. The van der Waals surface area contributed by atoms with Crippen molar-refractivity contribution >= 4 is 50.5 Å². The van der Waals surface area contributed by atoms with Crippen LogP contribution in [0.1, 0.15) is 12.5 Å². The number of hydrogen-bond acceptors (Lipinski definition) is 5.